The average molecular weight is 578 g/mol. The van der Waals surface area contributed by atoms with E-state index in [1.165, 1.54) is 36.9 Å². The van der Waals surface area contributed by atoms with Crippen molar-refractivity contribution in [1.29, 1.82) is 0 Å². The molecule has 222 valence electrons. The average Bonchev–Trinajstić information content (AvgIpc) is 3.22. The van der Waals surface area contributed by atoms with E-state index in [0.717, 1.165) is 48.0 Å². The molecular weight excluding hydrogens is 539 g/mol. The molecule has 0 radical (unpaired) electrons. The number of nitrogens with two attached hydrogens (primary N) is 1. The van der Waals surface area contributed by atoms with E-state index in [1.807, 2.05) is 12.1 Å². The van der Waals surface area contributed by atoms with Gasteiger partial charge in [0.25, 0.3) is 0 Å². The maximum absolute atomic E-state index is 13.6. The Bertz CT molecular complexity index is 1530. The Morgan fingerprint density at radius 3 is 2.50 bits per heavy atom. The predicted molar refractivity (Wildman–Crippen MR) is 161 cm³/mol. The molecule has 6 rings (SSSR count). The third kappa shape index (κ3) is 5.96. The summed E-state index contributed by atoms with van der Waals surface area (Å²) in [4.78, 5) is 14.1. The Balaban J connectivity index is 1.15. The van der Waals surface area contributed by atoms with Crippen LogP contribution in [0.1, 0.15) is 66.6 Å². The summed E-state index contributed by atoms with van der Waals surface area (Å²) in [6.45, 7) is 3.45. The fourth-order valence-electron chi connectivity index (χ4n) is 7.07. The van der Waals surface area contributed by atoms with Gasteiger partial charge in [-0.3, -0.25) is 9.69 Å². The zero-order chi connectivity index (χ0) is 29.5. The minimum atomic E-state index is -4.38. The van der Waals surface area contributed by atoms with Crippen LogP contribution in [0.4, 0.5) is 24.5 Å². The lowest BCUT2D eigenvalue weighted by Gasteiger charge is -2.59. The van der Waals surface area contributed by atoms with Crippen LogP contribution in [0.5, 0.6) is 0 Å². The molecule has 9 heteroatoms. The number of primary amides is 1. The van der Waals surface area contributed by atoms with Gasteiger partial charge in [0.2, 0.25) is 5.91 Å². The second-order valence-corrected chi connectivity index (χ2v) is 12.4. The lowest BCUT2D eigenvalue weighted by Crippen LogP contribution is -2.63. The maximum Gasteiger partial charge on any atom is 0.406 e. The van der Waals surface area contributed by atoms with Gasteiger partial charge in [-0.15, -0.1) is 0 Å². The largest absolute Gasteiger partial charge is 0.406 e. The van der Waals surface area contributed by atoms with E-state index >= 15 is 0 Å². The highest BCUT2D eigenvalue weighted by molar-refractivity contribution is 5.95. The van der Waals surface area contributed by atoms with Crippen LogP contribution in [-0.2, 0) is 6.54 Å². The molecule has 1 aliphatic heterocycles. The molecule has 3 aliphatic rings. The topological polar surface area (TPSA) is 75.3 Å². The van der Waals surface area contributed by atoms with E-state index in [9.17, 15) is 18.0 Å². The van der Waals surface area contributed by atoms with E-state index in [2.05, 4.69) is 27.4 Å². The van der Waals surface area contributed by atoms with Crippen molar-refractivity contribution in [3.63, 3.8) is 0 Å². The van der Waals surface area contributed by atoms with Crippen molar-refractivity contribution < 1.29 is 18.0 Å². The number of benzene rings is 2. The number of rotatable bonds is 7. The lowest BCUT2D eigenvalue weighted by atomic mass is 9.63. The van der Waals surface area contributed by atoms with Crippen molar-refractivity contribution in [3.05, 3.63) is 59.3 Å². The molecule has 6 nitrogen and oxygen atoms in total. The maximum atomic E-state index is 13.6. The molecule has 2 heterocycles. The first kappa shape index (κ1) is 28.5. The molecule has 0 bridgehead atoms. The molecule has 42 heavy (non-hydrogen) atoms. The second-order valence-electron chi connectivity index (χ2n) is 12.4. The summed E-state index contributed by atoms with van der Waals surface area (Å²) in [7, 11) is 0. The van der Waals surface area contributed by atoms with Crippen LogP contribution in [0.15, 0.2) is 42.5 Å². The Labute approximate surface area is 244 Å². The third-order valence-corrected chi connectivity index (χ3v) is 9.44. The molecular formula is C33H38F3N5O. The number of amides is 1. The van der Waals surface area contributed by atoms with Gasteiger partial charge in [0.15, 0.2) is 0 Å². The Morgan fingerprint density at radius 1 is 1.10 bits per heavy atom. The number of hydrogen-bond donors (Lipinski definition) is 3. The minimum Gasteiger partial charge on any atom is -0.382 e. The monoisotopic (exact) mass is 577 g/mol. The number of aryl methyl sites for hydroxylation is 1. The standard InChI is InChI=1S/C33H38F3N5O/c1-22-17-24(10-13-27(22)31(37)42)38-16-3-5-26-18-28-29(6-2-7-30(28)41(26)21-33(34,35)36)39-23-8-11-25(12-9-23)40-19-32(20-40)14-4-15-32/h2,6-7,10,13,17-18,23,25,38-39H,4,8-9,11-12,14-16,19-21H2,1H3,(H2,37,42). The molecule has 0 atom stereocenters. The molecule has 2 aromatic carbocycles. The highest BCUT2D eigenvalue weighted by Crippen LogP contribution is 2.50. The van der Waals surface area contributed by atoms with Crippen molar-refractivity contribution in [2.45, 2.75) is 76.7 Å². The van der Waals surface area contributed by atoms with Crippen LogP contribution < -0.4 is 16.4 Å². The summed E-state index contributed by atoms with van der Waals surface area (Å²) in [6, 6.07) is 13.4. The van der Waals surface area contributed by atoms with Crippen LogP contribution >= 0.6 is 0 Å². The van der Waals surface area contributed by atoms with Gasteiger partial charge in [-0.1, -0.05) is 18.4 Å². The van der Waals surface area contributed by atoms with Crippen molar-refractivity contribution in [1.82, 2.24) is 9.47 Å². The molecule has 1 spiro atoms. The first-order valence-electron chi connectivity index (χ1n) is 14.9. The number of aromatic nitrogens is 1. The highest BCUT2D eigenvalue weighted by Gasteiger charge is 2.49. The number of fused-ring (bicyclic) bond motifs is 1. The quantitative estimate of drug-likeness (QED) is 0.289. The normalized spacial score (nSPS) is 21.7. The molecule has 1 amide bonds. The number of anilines is 2. The van der Waals surface area contributed by atoms with Crippen molar-refractivity contribution in [2.75, 3.05) is 30.3 Å². The number of alkyl halides is 3. The Kier molecular flexibility index (Phi) is 7.61. The van der Waals surface area contributed by atoms with Gasteiger partial charge in [-0.25, -0.2) is 0 Å². The lowest BCUT2D eigenvalue weighted by molar-refractivity contribution is -0.140. The SMILES string of the molecule is Cc1cc(NCC#Cc2cc3c(NC4CCC(N5CC6(CCC6)C5)CC4)cccc3n2CC(F)(F)F)ccc1C(N)=O. The summed E-state index contributed by atoms with van der Waals surface area (Å²) < 4.78 is 42.1. The third-order valence-electron chi connectivity index (χ3n) is 9.44. The summed E-state index contributed by atoms with van der Waals surface area (Å²) in [6.07, 6.45) is 4.24. The highest BCUT2D eigenvalue weighted by atomic mass is 19.4. The number of nitrogens with zero attached hydrogens (tertiary/aromatic N) is 2. The number of nitrogens with one attached hydrogen (secondary N) is 2. The van der Waals surface area contributed by atoms with Gasteiger partial charge < -0.3 is 20.9 Å². The number of likely N-dealkylation sites (tertiary alicyclic amines) is 1. The fraction of sp³-hybridized carbons (Fsp3) is 0.485. The first-order valence-corrected chi connectivity index (χ1v) is 14.9. The smallest absolute Gasteiger partial charge is 0.382 e. The molecule has 2 saturated carbocycles. The van der Waals surface area contributed by atoms with Crippen LogP contribution in [0.2, 0.25) is 0 Å². The van der Waals surface area contributed by atoms with Gasteiger partial charge in [-0.2, -0.15) is 13.2 Å². The van der Waals surface area contributed by atoms with E-state index in [1.54, 1.807) is 37.3 Å². The van der Waals surface area contributed by atoms with Gasteiger partial charge in [0, 0.05) is 47.5 Å². The van der Waals surface area contributed by atoms with Crippen LogP contribution in [0, 0.1) is 24.2 Å². The van der Waals surface area contributed by atoms with Gasteiger partial charge in [0.1, 0.15) is 6.54 Å². The van der Waals surface area contributed by atoms with Gasteiger partial charge in [0.05, 0.1) is 17.8 Å². The van der Waals surface area contributed by atoms with Gasteiger partial charge >= 0.3 is 6.18 Å². The van der Waals surface area contributed by atoms with E-state index in [4.69, 9.17) is 5.73 Å². The molecule has 2 aliphatic carbocycles. The van der Waals surface area contributed by atoms with E-state index < -0.39 is 18.6 Å². The van der Waals surface area contributed by atoms with E-state index in [-0.39, 0.29) is 6.54 Å². The van der Waals surface area contributed by atoms with E-state index in [0.29, 0.717) is 34.3 Å². The molecule has 1 aromatic heterocycles. The number of halogens is 3. The molecule has 4 N–H and O–H groups in total. The first-order chi connectivity index (χ1) is 20.1. The molecule has 3 fully saturated rings. The second kappa shape index (κ2) is 11.2. The summed E-state index contributed by atoms with van der Waals surface area (Å²) in [5, 5.41) is 7.57. The zero-order valence-corrected chi connectivity index (χ0v) is 24.0. The van der Waals surface area contributed by atoms with Gasteiger partial charge in [-0.05, 0) is 98.7 Å². The predicted octanol–water partition coefficient (Wildman–Crippen LogP) is 6.28. The fourth-order valence-corrected chi connectivity index (χ4v) is 7.07. The number of hydrogen-bond acceptors (Lipinski definition) is 4. The molecule has 3 aromatic rings. The van der Waals surface area contributed by atoms with Crippen molar-refractivity contribution in [2.24, 2.45) is 11.1 Å². The van der Waals surface area contributed by atoms with Crippen molar-refractivity contribution >= 4 is 28.2 Å². The number of carbonyl (C=O) groups is 1. The zero-order valence-electron chi connectivity index (χ0n) is 24.0. The van der Waals surface area contributed by atoms with Crippen molar-refractivity contribution in [3.8, 4) is 11.8 Å². The Hall–Kier alpha value is -3.64. The minimum absolute atomic E-state index is 0.232. The van der Waals surface area contributed by atoms with Crippen LogP contribution in [-0.4, -0.2) is 53.3 Å². The molecule has 1 saturated heterocycles. The van der Waals surface area contributed by atoms with Crippen LogP contribution in [0.25, 0.3) is 10.9 Å². The summed E-state index contributed by atoms with van der Waals surface area (Å²) >= 11 is 0. The van der Waals surface area contributed by atoms with Crippen LogP contribution in [0.3, 0.4) is 0 Å². The number of carbonyl (C=O) groups excluding carboxylic acids is 1. The summed E-state index contributed by atoms with van der Waals surface area (Å²) in [5.41, 5.74) is 9.65. The molecule has 0 unspecified atom stereocenters. The summed E-state index contributed by atoms with van der Waals surface area (Å²) in [5.74, 6) is 5.44. The Morgan fingerprint density at radius 2 is 1.86 bits per heavy atom.